The monoisotopic (exact) mass is 283 g/mol. The van der Waals surface area contributed by atoms with Gasteiger partial charge in [0.2, 0.25) is 0 Å². The van der Waals surface area contributed by atoms with Gasteiger partial charge in [0.25, 0.3) is 5.91 Å². The molecule has 2 aromatic rings. The highest BCUT2D eigenvalue weighted by molar-refractivity contribution is 7.12. The van der Waals surface area contributed by atoms with E-state index in [0.717, 1.165) is 9.88 Å². The Hall–Kier alpha value is -1.67. The molecule has 0 aliphatic rings. The molecule has 0 unspecified atom stereocenters. The molecule has 0 saturated heterocycles. The van der Waals surface area contributed by atoms with E-state index in [9.17, 15) is 4.79 Å². The zero-order chi connectivity index (χ0) is 13.1. The fourth-order valence-corrected chi connectivity index (χ4v) is 2.84. The average Bonchev–Trinajstić information content (AvgIpc) is 2.92. The summed E-state index contributed by atoms with van der Waals surface area (Å²) >= 11 is 2.79. The molecule has 0 saturated carbocycles. The van der Waals surface area contributed by atoms with Crippen LogP contribution in [0.3, 0.4) is 0 Å². The van der Waals surface area contributed by atoms with Crippen LogP contribution in [0.4, 0.5) is 10.8 Å². The van der Waals surface area contributed by atoms with Crippen LogP contribution in [0.5, 0.6) is 0 Å². The Kier molecular flexibility index (Phi) is 3.78. The fourth-order valence-electron chi connectivity index (χ4n) is 1.41. The van der Waals surface area contributed by atoms with Crippen molar-refractivity contribution in [3.63, 3.8) is 0 Å². The topological polar surface area (TPSA) is 92.9 Å². The molecule has 0 atom stereocenters. The number of carbonyl (C=O) groups excluding carboxylic acids is 1. The number of thiazole rings is 1. The minimum Gasteiger partial charge on any atom is -0.382 e. The van der Waals surface area contributed by atoms with E-state index in [0.29, 0.717) is 17.1 Å². The average molecular weight is 283 g/mol. The first-order valence-corrected chi connectivity index (χ1v) is 6.83. The zero-order valence-corrected chi connectivity index (χ0v) is 11.6. The Morgan fingerprint density at radius 3 is 2.94 bits per heavy atom. The molecule has 0 aliphatic carbocycles. The molecule has 2 rings (SSSR count). The fraction of sp³-hybridized carbons (Fsp3) is 0.300. The van der Waals surface area contributed by atoms with Gasteiger partial charge < -0.3 is 16.4 Å². The summed E-state index contributed by atoms with van der Waals surface area (Å²) in [5, 5.41) is 7.31. The summed E-state index contributed by atoms with van der Waals surface area (Å²) in [4.78, 5) is 17.0. The number of carbonyl (C=O) groups is 1. The van der Waals surface area contributed by atoms with E-state index in [1.165, 1.54) is 11.5 Å². The number of aryl methyl sites for hydroxylation is 1. The second-order valence-corrected chi connectivity index (χ2v) is 5.66. The number of rotatable bonds is 4. The van der Waals surface area contributed by atoms with Gasteiger partial charge in [-0.1, -0.05) is 0 Å². The summed E-state index contributed by atoms with van der Waals surface area (Å²) in [5.41, 5.74) is 6.08. The van der Waals surface area contributed by atoms with Crippen molar-refractivity contribution < 1.29 is 4.79 Å². The summed E-state index contributed by atoms with van der Waals surface area (Å²) in [6.07, 6.45) is 1.82. The quantitative estimate of drug-likeness (QED) is 0.790. The van der Waals surface area contributed by atoms with E-state index in [-0.39, 0.29) is 11.7 Å². The van der Waals surface area contributed by atoms with Crippen molar-refractivity contribution in [1.29, 1.82) is 0 Å². The number of aromatic nitrogens is 2. The van der Waals surface area contributed by atoms with Gasteiger partial charge in [0, 0.05) is 18.1 Å². The molecule has 0 bridgehead atoms. The van der Waals surface area contributed by atoms with Crippen LogP contribution in [0.25, 0.3) is 0 Å². The first kappa shape index (κ1) is 12.8. The number of nitrogens with zero attached hydrogens (tertiary/aromatic N) is 2. The lowest BCUT2D eigenvalue weighted by molar-refractivity contribution is 0.0965. The summed E-state index contributed by atoms with van der Waals surface area (Å²) in [5.74, 6) is 0.0104. The van der Waals surface area contributed by atoms with Crippen LogP contribution >= 0.6 is 22.9 Å². The number of hydrogen-bond acceptors (Lipinski definition) is 7. The molecular formula is C10H13N5OS2. The highest BCUT2D eigenvalue weighted by atomic mass is 32.1. The number of nitrogen functional groups attached to an aromatic ring is 1. The van der Waals surface area contributed by atoms with Crippen LogP contribution in [-0.4, -0.2) is 22.3 Å². The maximum atomic E-state index is 11.7. The molecule has 18 heavy (non-hydrogen) atoms. The van der Waals surface area contributed by atoms with Crippen LogP contribution in [-0.2, 0) is 6.54 Å². The summed E-state index contributed by atoms with van der Waals surface area (Å²) in [6, 6.07) is 0. The highest BCUT2D eigenvalue weighted by Gasteiger charge is 2.18. The number of amides is 1. The van der Waals surface area contributed by atoms with Crippen LogP contribution in [0, 0.1) is 6.92 Å². The third-order valence-electron chi connectivity index (χ3n) is 2.24. The molecule has 6 nitrogen and oxygen atoms in total. The highest BCUT2D eigenvalue weighted by Crippen LogP contribution is 2.27. The van der Waals surface area contributed by atoms with Crippen molar-refractivity contribution in [3.8, 4) is 0 Å². The molecule has 96 valence electrons. The second kappa shape index (κ2) is 5.32. The first-order valence-electron chi connectivity index (χ1n) is 5.24. The lowest BCUT2D eigenvalue weighted by Gasteiger charge is -2.04. The third kappa shape index (κ3) is 2.59. The first-order chi connectivity index (χ1) is 8.61. The molecular weight excluding hydrogens is 270 g/mol. The Bertz CT molecular complexity index is 562. The lowest BCUT2D eigenvalue weighted by Crippen LogP contribution is -2.20. The van der Waals surface area contributed by atoms with Gasteiger partial charge in [-0.05, 0) is 18.5 Å². The Morgan fingerprint density at radius 2 is 2.33 bits per heavy atom. The van der Waals surface area contributed by atoms with Gasteiger partial charge in [-0.25, -0.2) is 4.98 Å². The third-order valence-corrected chi connectivity index (χ3v) is 3.97. The van der Waals surface area contributed by atoms with Gasteiger partial charge in [0.05, 0.1) is 6.54 Å². The number of hydrogen-bond donors (Lipinski definition) is 3. The van der Waals surface area contributed by atoms with Gasteiger partial charge in [-0.2, -0.15) is 4.37 Å². The molecule has 2 heterocycles. The normalized spacial score (nSPS) is 10.3. The van der Waals surface area contributed by atoms with Crippen molar-refractivity contribution >= 4 is 39.6 Å². The van der Waals surface area contributed by atoms with Crippen molar-refractivity contribution in [2.75, 3.05) is 18.1 Å². The molecule has 4 N–H and O–H groups in total. The molecule has 8 heteroatoms. The second-order valence-electron chi connectivity index (χ2n) is 3.57. The van der Waals surface area contributed by atoms with Crippen LogP contribution in [0.2, 0.25) is 0 Å². The van der Waals surface area contributed by atoms with Gasteiger partial charge in [-0.3, -0.25) is 4.79 Å². The van der Waals surface area contributed by atoms with E-state index >= 15 is 0 Å². The molecule has 0 radical (unpaired) electrons. The molecule has 0 aromatic carbocycles. The number of anilines is 2. The molecule has 0 aliphatic heterocycles. The van der Waals surface area contributed by atoms with Crippen molar-refractivity contribution in [2.24, 2.45) is 0 Å². The van der Waals surface area contributed by atoms with E-state index in [4.69, 9.17) is 5.73 Å². The molecule has 2 aromatic heterocycles. The Balaban J connectivity index is 2.12. The van der Waals surface area contributed by atoms with Crippen molar-refractivity contribution in [2.45, 2.75) is 13.5 Å². The van der Waals surface area contributed by atoms with Crippen LogP contribution in [0.1, 0.15) is 20.2 Å². The zero-order valence-electron chi connectivity index (χ0n) is 9.98. The minimum absolute atomic E-state index is 0.237. The molecule has 0 spiro atoms. The minimum atomic E-state index is -0.237. The number of nitrogens with two attached hydrogens (primary N) is 1. The van der Waals surface area contributed by atoms with E-state index in [1.54, 1.807) is 18.4 Å². The maximum Gasteiger partial charge on any atom is 0.257 e. The standard InChI is InChI=1S/C10H13N5OS2/c1-5-3-13-6(17-5)4-14-10-7(9(16)12-2)8(11)15-18-10/h3,14H,4H2,1-2H3,(H2,11,15)(H,12,16). The summed E-state index contributed by atoms with van der Waals surface area (Å²) in [7, 11) is 1.56. The van der Waals surface area contributed by atoms with Gasteiger partial charge >= 0.3 is 0 Å². The van der Waals surface area contributed by atoms with Gasteiger partial charge in [0.15, 0.2) is 5.82 Å². The van der Waals surface area contributed by atoms with Gasteiger partial charge in [-0.15, -0.1) is 11.3 Å². The van der Waals surface area contributed by atoms with E-state index < -0.39 is 0 Å². The maximum absolute atomic E-state index is 11.7. The van der Waals surface area contributed by atoms with Gasteiger partial charge in [0.1, 0.15) is 15.6 Å². The summed E-state index contributed by atoms with van der Waals surface area (Å²) in [6.45, 7) is 2.56. The SMILES string of the molecule is CNC(=O)c1c(N)nsc1NCc1ncc(C)s1. The van der Waals surface area contributed by atoms with Crippen LogP contribution < -0.4 is 16.4 Å². The van der Waals surface area contributed by atoms with E-state index in [1.807, 2.05) is 13.1 Å². The molecule has 1 amide bonds. The van der Waals surface area contributed by atoms with Crippen LogP contribution in [0.15, 0.2) is 6.20 Å². The molecule has 0 fully saturated rings. The Morgan fingerprint density at radius 1 is 1.56 bits per heavy atom. The Labute approximate surface area is 112 Å². The summed E-state index contributed by atoms with van der Waals surface area (Å²) < 4.78 is 3.98. The predicted molar refractivity (Wildman–Crippen MR) is 74.1 cm³/mol. The number of nitrogens with one attached hydrogen (secondary N) is 2. The smallest absolute Gasteiger partial charge is 0.257 e. The largest absolute Gasteiger partial charge is 0.382 e. The lowest BCUT2D eigenvalue weighted by atomic mass is 10.3. The van der Waals surface area contributed by atoms with Crippen molar-refractivity contribution in [3.05, 3.63) is 21.6 Å². The van der Waals surface area contributed by atoms with Crippen molar-refractivity contribution in [1.82, 2.24) is 14.7 Å². The predicted octanol–water partition coefficient (Wildman–Crippen LogP) is 1.46. The van der Waals surface area contributed by atoms with E-state index in [2.05, 4.69) is 20.0 Å².